The Hall–Kier alpha value is -2.38. The van der Waals surface area contributed by atoms with Crippen LogP contribution in [0.3, 0.4) is 0 Å². The summed E-state index contributed by atoms with van der Waals surface area (Å²) in [4.78, 5) is 59.9. The van der Waals surface area contributed by atoms with Crippen LogP contribution >= 0.6 is 12.6 Å². The zero-order valence-corrected chi connectivity index (χ0v) is 18.7. The van der Waals surface area contributed by atoms with E-state index in [-0.39, 0.29) is 24.5 Å². The van der Waals surface area contributed by atoms with Crippen LogP contribution in [0.4, 0.5) is 0 Å². The minimum absolute atomic E-state index is 0.180. The number of aliphatic carboxylic acids is 1. The fourth-order valence-corrected chi connectivity index (χ4v) is 2.69. The second kappa shape index (κ2) is 13.8. The molecule has 0 aliphatic rings. The Balaban J connectivity index is 5.54. The van der Waals surface area contributed by atoms with Gasteiger partial charge in [-0.15, -0.1) is 0 Å². The van der Waals surface area contributed by atoms with Gasteiger partial charge in [0.2, 0.25) is 23.6 Å². The molecule has 0 rings (SSSR count). The third kappa shape index (κ3) is 9.98. The topological polar surface area (TPSA) is 214 Å². The van der Waals surface area contributed by atoms with Gasteiger partial charge in [-0.1, -0.05) is 20.3 Å². The van der Waals surface area contributed by atoms with Crippen LogP contribution in [0.1, 0.15) is 40.0 Å². The summed E-state index contributed by atoms with van der Waals surface area (Å²) in [6, 6.07) is -4.94. The first-order valence-electron chi connectivity index (χ1n) is 9.82. The van der Waals surface area contributed by atoms with E-state index in [0.717, 1.165) is 0 Å². The van der Waals surface area contributed by atoms with Gasteiger partial charge in [-0.3, -0.25) is 19.2 Å². The van der Waals surface area contributed by atoms with Crippen molar-refractivity contribution in [2.24, 2.45) is 17.4 Å². The largest absolute Gasteiger partial charge is 0.480 e. The lowest BCUT2D eigenvalue weighted by atomic mass is 9.97. The second-order valence-corrected chi connectivity index (χ2v) is 7.65. The molecule has 0 fully saturated rings. The Morgan fingerprint density at radius 2 is 1.52 bits per heavy atom. The predicted octanol–water partition coefficient (Wildman–Crippen LogP) is -2.53. The summed E-state index contributed by atoms with van der Waals surface area (Å²) in [6.45, 7) is 4.80. The highest BCUT2D eigenvalue weighted by Crippen LogP contribution is 2.10. The van der Waals surface area contributed by atoms with E-state index >= 15 is 0 Å². The first-order chi connectivity index (χ1) is 14.3. The smallest absolute Gasteiger partial charge is 0.327 e. The number of carbonyl (C=O) groups is 5. The van der Waals surface area contributed by atoms with E-state index in [9.17, 15) is 29.1 Å². The van der Waals surface area contributed by atoms with E-state index in [0.29, 0.717) is 6.42 Å². The lowest BCUT2D eigenvalue weighted by Crippen LogP contribution is -2.59. The molecule has 0 aliphatic carbocycles. The van der Waals surface area contributed by atoms with E-state index in [4.69, 9.17) is 16.6 Å². The number of aliphatic hydroxyl groups is 1. The number of hydrogen-bond acceptors (Lipinski definition) is 8. The number of carboxylic acids is 1. The van der Waals surface area contributed by atoms with Gasteiger partial charge in [0.05, 0.1) is 6.10 Å². The monoisotopic (exact) mass is 463 g/mol. The summed E-state index contributed by atoms with van der Waals surface area (Å²) in [6.07, 6.45) is -1.09. The Morgan fingerprint density at radius 3 is 1.94 bits per heavy atom. The average Bonchev–Trinajstić information content (AvgIpc) is 2.70. The van der Waals surface area contributed by atoms with Gasteiger partial charge in [0, 0.05) is 12.2 Å². The predicted molar refractivity (Wildman–Crippen MR) is 115 cm³/mol. The summed E-state index contributed by atoms with van der Waals surface area (Å²) >= 11 is 3.86. The fourth-order valence-electron chi connectivity index (χ4n) is 2.45. The van der Waals surface area contributed by atoms with Gasteiger partial charge in [0.1, 0.15) is 24.2 Å². The Morgan fingerprint density at radius 1 is 0.968 bits per heavy atom. The third-order valence-corrected chi connectivity index (χ3v) is 5.09. The summed E-state index contributed by atoms with van der Waals surface area (Å²) in [7, 11) is 0. The number of thiol groups is 1. The third-order valence-electron chi connectivity index (χ3n) is 4.73. The van der Waals surface area contributed by atoms with Crippen molar-refractivity contribution in [3.8, 4) is 0 Å². The zero-order chi connectivity index (χ0) is 24.3. The van der Waals surface area contributed by atoms with Crippen molar-refractivity contribution in [3.63, 3.8) is 0 Å². The molecule has 31 heavy (non-hydrogen) atoms. The van der Waals surface area contributed by atoms with Crippen molar-refractivity contribution in [2.45, 2.75) is 70.3 Å². The molecule has 13 heteroatoms. The van der Waals surface area contributed by atoms with E-state index in [1.807, 2.05) is 0 Å². The van der Waals surface area contributed by atoms with Gasteiger partial charge in [0.15, 0.2) is 0 Å². The van der Waals surface area contributed by atoms with Crippen LogP contribution in [-0.2, 0) is 24.0 Å². The number of amides is 4. The molecule has 0 aliphatic heterocycles. The molecule has 178 valence electrons. The van der Waals surface area contributed by atoms with E-state index in [1.54, 1.807) is 13.8 Å². The highest BCUT2D eigenvalue weighted by Gasteiger charge is 2.33. The van der Waals surface area contributed by atoms with Crippen molar-refractivity contribution in [1.29, 1.82) is 0 Å². The Bertz CT molecular complexity index is 661. The van der Waals surface area contributed by atoms with Crippen LogP contribution in [0, 0.1) is 5.92 Å². The molecule has 0 saturated heterocycles. The van der Waals surface area contributed by atoms with Crippen molar-refractivity contribution in [2.75, 3.05) is 5.75 Å². The molecule has 0 heterocycles. The van der Waals surface area contributed by atoms with Crippen LogP contribution in [0.5, 0.6) is 0 Å². The molecule has 0 aromatic heterocycles. The number of carbonyl (C=O) groups excluding carboxylic acids is 4. The molecule has 12 nitrogen and oxygen atoms in total. The zero-order valence-electron chi connectivity index (χ0n) is 17.8. The van der Waals surface area contributed by atoms with Crippen molar-refractivity contribution >= 4 is 42.2 Å². The van der Waals surface area contributed by atoms with Gasteiger partial charge in [-0.2, -0.15) is 12.6 Å². The molecule has 0 bridgehead atoms. The molecule has 0 aromatic carbocycles. The normalized spacial score (nSPS) is 16.7. The quantitative estimate of drug-likeness (QED) is 0.128. The van der Waals surface area contributed by atoms with E-state index in [2.05, 4.69) is 28.6 Å². The molecule has 0 spiro atoms. The standard InChI is InChI=1S/C18H33N5O7S/c1-4-8(2)14(23-16(27)13(20)9(3)24)17(28)21-10(5-6-12(19)25)15(26)22-11(7-31)18(29)30/h8-11,13-14,24,31H,4-7,20H2,1-3H3,(H2,19,25)(H,21,28)(H,22,26)(H,23,27)(H,29,30). The summed E-state index contributed by atoms with van der Waals surface area (Å²) in [5.41, 5.74) is 10.7. The SMILES string of the molecule is CCC(C)C(NC(=O)C(N)C(C)O)C(=O)NC(CCC(N)=O)C(=O)NC(CS)C(=O)O. The first kappa shape index (κ1) is 28.6. The minimum Gasteiger partial charge on any atom is -0.480 e. The number of carboxylic acid groups (broad SMARTS) is 1. The number of nitrogens with one attached hydrogen (secondary N) is 3. The number of rotatable bonds is 14. The van der Waals surface area contributed by atoms with Crippen molar-refractivity contribution in [1.82, 2.24) is 16.0 Å². The van der Waals surface area contributed by atoms with Gasteiger partial charge in [0.25, 0.3) is 0 Å². The van der Waals surface area contributed by atoms with Gasteiger partial charge >= 0.3 is 5.97 Å². The molecule has 0 radical (unpaired) electrons. The maximum atomic E-state index is 12.9. The highest BCUT2D eigenvalue weighted by molar-refractivity contribution is 7.80. The fraction of sp³-hybridized carbons (Fsp3) is 0.722. The lowest BCUT2D eigenvalue weighted by molar-refractivity contribution is -0.142. The minimum atomic E-state index is -1.32. The summed E-state index contributed by atoms with van der Waals surface area (Å²) < 4.78 is 0. The van der Waals surface area contributed by atoms with Crippen LogP contribution in [0.25, 0.3) is 0 Å². The van der Waals surface area contributed by atoms with Crippen LogP contribution < -0.4 is 27.4 Å². The maximum absolute atomic E-state index is 12.9. The maximum Gasteiger partial charge on any atom is 0.327 e. The van der Waals surface area contributed by atoms with Gasteiger partial charge in [-0.25, -0.2) is 4.79 Å². The van der Waals surface area contributed by atoms with E-state index in [1.165, 1.54) is 6.92 Å². The van der Waals surface area contributed by atoms with Gasteiger partial charge in [-0.05, 0) is 19.3 Å². The lowest BCUT2D eigenvalue weighted by Gasteiger charge is -2.28. The number of nitrogens with two attached hydrogens (primary N) is 2. The molecule has 0 saturated carbocycles. The first-order valence-corrected chi connectivity index (χ1v) is 10.5. The van der Waals surface area contributed by atoms with Crippen LogP contribution in [0.15, 0.2) is 0 Å². The molecule has 4 amide bonds. The molecule has 9 N–H and O–H groups in total. The molecule has 0 aromatic rings. The second-order valence-electron chi connectivity index (χ2n) is 7.29. The number of primary amides is 1. The van der Waals surface area contributed by atoms with Gasteiger partial charge < -0.3 is 37.6 Å². The van der Waals surface area contributed by atoms with Crippen molar-refractivity contribution < 1.29 is 34.2 Å². The number of hydrogen-bond donors (Lipinski definition) is 8. The molecule has 6 unspecified atom stereocenters. The van der Waals surface area contributed by atoms with Crippen LogP contribution in [-0.4, -0.2) is 75.8 Å². The van der Waals surface area contributed by atoms with Crippen molar-refractivity contribution in [3.05, 3.63) is 0 Å². The number of aliphatic hydroxyl groups excluding tert-OH is 1. The Labute approximate surface area is 186 Å². The highest BCUT2D eigenvalue weighted by atomic mass is 32.1. The Kier molecular flexibility index (Phi) is 12.8. The van der Waals surface area contributed by atoms with Crippen LogP contribution in [0.2, 0.25) is 0 Å². The summed E-state index contributed by atoms with van der Waals surface area (Å²) in [5.74, 6) is -4.93. The summed E-state index contributed by atoms with van der Waals surface area (Å²) in [5, 5.41) is 25.7. The van der Waals surface area contributed by atoms with E-state index < -0.39 is 59.9 Å². The molecular formula is C18H33N5O7S. The molecular weight excluding hydrogens is 430 g/mol. The average molecular weight is 464 g/mol. The molecule has 6 atom stereocenters.